The van der Waals surface area contributed by atoms with E-state index in [9.17, 15) is 4.79 Å². The molecule has 3 heterocycles. The monoisotopic (exact) mass is 304 g/mol. The van der Waals surface area contributed by atoms with Gasteiger partial charge in [0.1, 0.15) is 11.5 Å². The number of amides is 1. The van der Waals surface area contributed by atoms with Crippen LogP contribution in [0.15, 0.2) is 16.5 Å². The van der Waals surface area contributed by atoms with Crippen molar-refractivity contribution in [1.82, 2.24) is 9.80 Å². The van der Waals surface area contributed by atoms with Gasteiger partial charge in [-0.2, -0.15) is 0 Å². The number of likely N-dealkylation sites (tertiary alicyclic amines) is 2. The molecular formula is C18H28N2O2. The van der Waals surface area contributed by atoms with E-state index in [1.54, 1.807) is 0 Å². The summed E-state index contributed by atoms with van der Waals surface area (Å²) in [5.74, 6) is 2.90. The third kappa shape index (κ3) is 2.94. The predicted octanol–water partition coefficient (Wildman–Crippen LogP) is 3.17. The van der Waals surface area contributed by atoms with Crippen LogP contribution >= 0.6 is 0 Å². The summed E-state index contributed by atoms with van der Waals surface area (Å²) in [4.78, 5) is 16.4. The summed E-state index contributed by atoms with van der Waals surface area (Å²) in [7, 11) is 1.99. The molecule has 122 valence electrons. The average molecular weight is 304 g/mol. The van der Waals surface area contributed by atoms with E-state index < -0.39 is 0 Å². The Hall–Kier alpha value is -1.29. The largest absolute Gasteiger partial charge is 0.466 e. The number of rotatable bonds is 4. The molecule has 2 aliphatic rings. The van der Waals surface area contributed by atoms with Gasteiger partial charge in [-0.15, -0.1) is 0 Å². The molecule has 0 saturated carbocycles. The lowest BCUT2D eigenvalue weighted by molar-refractivity contribution is -0.130. The van der Waals surface area contributed by atoms with Gasteiger partial charge in [0.05, 0.1) is 0 Å². The third-order valence-corrected chi connectivity index (χ3v) is 5.80. The number of carbonyl (C=O) groups excluding carboxylic acids is 1. The van der Waals surface area contributed by atoms with Crippen LogP contribution in [0.1, 0.15) is 56.5 Å². The van der Waals surface area contributed by atoms with E-state index in [0.717, 1.165) is 63.3 Å². The fourth-order valence-corrected chi connectivity index (χ4v) is 3.95. The highest BCUT2D eigenvalue weighted by Gasteiger charge is 2.44. The summed E-state index contributed by atoms with van der Waals surface area (Å²) in [5, 5.41) is 0. The summed E-state index contributed by atoms with van der Waals surface area (Å²) in [6, 6.07) is 4.15. The Morgan fingerprint density at radius 1 is 1.27 bits per heavy atom. The molecule has 1 aromatic rings. The number of nitrogens with zero attached hydrogens (tertiary/aromatic N) is 2. The molecule has 2 saturated heterocycles. The number of carbonyl (C=O) groups is 1. The average Bonchev–Trinajstić information content (AvgIpc) is 3.07. The quantitative estimate of drug-likeness (QED) is 0.857. The van der Waals surface area contributed by atoms with Crippen molar-refractivity contribution in [3.05, 3.63) is 23.7 Å². The fraction of sp³-hybridized carbons (Fsp3) is 0.722. The highest BCUT2D eigenvalue weighted by molar-refractivity contribution is 5.79. The number of piperidine rings is 1. The summed E-state index contributed by atoms with van der Waals surface area (Å²) in [6.45, 7) is 7.59. The van der Waals surface area contributed by atoms with Crippen LogP contribution in [0.2, 0.25) is 0 Å². The molecule has 0 aromatic carbocycles. The van der Waals surface area contributed by atoms with Crippen molar-refractivity contribution >= 4 is 5.91 Å². The lowest BCUT2D eigenvalue weighted by Gasteiger charge is -2.43. The smallest absolute Gasteiger partial charge is 0.222 e. The molecule has 1 spiro atoms. The Morgan fingerprint density at radius 2 is 2.00 bits per heavy atom. The molecule has 0 bridgehead atoms. The summed E-state index contributed by atoms with van der Waals surface area (Å²) >= 11 is 0. The minimum absolute atomic E-state index is 0.164. The molecule has 0 N–H and O–H groups in total. The Balaban J connectivity index is 1.47. The molecule has 22 heavy (non-hydrogen) atoms. The molecule has 3 rings (SSSR count). The van der Waals surface area contributed by atoms with E-state index in [1.165, 1.54) is 0 Å². The molecule has 0 radical (unpaired) electrons. The molecule has 2 aliphatic heterocycles. The Labute approximate surface area is 133 Å². The van der Waals surface area contributed by atoms with Crippen LogP contribution in [0, 0.1) is 6.92 Å². The van der Waals surface area contributed by atoms with Crippen molar-refractivity contribution in [2.24, 2.45) is 0 Å². The zero-order chi connectivity index (χ0) is 15.7. The van der Waals surface area contributed by atoms with Crippen LogP contribution < -0.4 is 0 Å². The topological polar surface area (TPSA) is 36.7 Å². The van der Waals surface area contributed by atoms with Crippen LogP contribution in [-0.4, -0.2) is 47.9 Å². The second-order valence-corrected chi connectivity index (χ2v) is 7.16. The minimum Gasteiger partial charge on any atom is -0.466 e. The zero-order valence-corrected chi connectivity index (χ0v) is 14.1. The van der Waals surface area contributed by atoms with Gasteiger partial charge in [-0.1, -0.05) is 6.92 Å². The number of hydrogen-bond donors (Lipinski definition) is 0. The van der Waals surface area contributed by atoms with E-state index in [1.807, 2.05) is 24.9 Å². The third-order valence-electron chi connectivity index (χ3n) is 5.80. The van der Waals surface area contributed by atoms with E-state index in [4.69, 9.17) is 4.42 Å². The lowest BCUT2D eigenvalue weighted by Crippen LogP contribution is -2.51. The first kappa shape index (κ1) is 15.6. The lowest BCUT2D eigenvalue weighted by atomic mass is 9.85. The second-order valence-electron chi connectivity index (χ2n) is 7.16. The predicted molar refractivity (Wildman–Crippen MR) is 86.9 cm³/mol. The Morgan fingerprint density at radius 3 is 2.55 bits per heavy atom. The Kier molecular flexibility index (Phi) is 4.31. The minimum atomic E-state index is 0.164. The maximum atomic E-state index is 11.8. The maximum absolute atomic E-state index is 11.8. The molecule has 1 unspecified atom stereocenters. The molecular weight excluding hydrogens is 276 g/mol. The first-order chi connectivity index (χ1) is 10.5. The number of furan rings is 1. The highest BCUT2D eigenvalue weighted by atomic mass is 16.3. The van der Waals surface area contributed by atoms with E-state index in [0.29, 0.717) is 11.8 Å². The van der Waals surface area contributed by atoms with Crippen LogP contribution in [0.5, 0.6) is 0 Å². The van der Waals surface area contributed by atoms with Crippen molar-refractivity contribution in [2.45, 2.75) is 57.4 Å². The van der Waals surface area contributed by atoms with Gasteiger partial charge < -0.3 is 14.2 Å². The first-order valence-corrected chi connectivity index (χ1v) is 8.55. The SMILES string of the molecule is Cc1ccc(C(C)CCN2CCC3(CCC(=O)N3C)CC2)o1. The normalized spacial score (nSPS) is 23.4. The van der Waals surface area contributed by atoms with Gasteiger partial charge in [-0.3, -0.25) is 4.79 Å². The van der Waals surface area contributed by atoms with Gasteiger partial charge in [0.2, 0.25) is 5.91 Å². The standard InChI is InChI=1S/C18H28N2O2/c1-14(16-5-4-15(2)22-16)7-11-20-12-9-18(10-13-20)8-6-17(21)19(18)3/h4-5,14H,6-13H2,1-3H3. The first-order valence-electron chi connectivity index (χ1n) is 8.55. The van der Waals surface area contributed by atoms with Gasteiger partial charge in [-0.05, 0) is 51.3 Å². The van der Waals surface area contributed by atoms with Crippen LogP contribution in [0.4, 0.5) is 0 Å². The van der Waals surface area contributed by atoms with Gasteiger partial charge in [0.25, 0.3) is 0 Å². The molecule has 1 atom stereocenters. The van der Waals surface area contributed by atoms with Gasteiger partial charge >= 0.3 is 0 Å². The van der Waals surface area contributed by atoms with Crippen molar-refractivity contribution in [3.8, 4) is 0 Å². The summed E-state index contributed by atoms with van der Waals surface area (Å²) in [6.07, 6.45) is 5.19. The van der Waals surface area contributed by atoms with Crippen molar-refractivity contribution < 1.29 is 9.21 Å². The molecule has 4 heteroatoms. The fourth-order valence-electron chi connectivity index (χ4n) is 3.95. The number of hydrogen-bond acceptors (Lipinski definition) is 3. The van der Waals surface area contributed by atoms with Gasteiger partial charge in [0, 0.05) is 38.0 Å². The van der Waals surface area contributed by atoms with Crippen molar-refractivity contribution in [3.63, 3.8) is 0 Å². The van der Waals surface area contributed by atoms with Crippen LogP contribution in [0.25, 0.3) is 0 Å². The second kappa shape index (κ2) is 6.07. The number of aryl methyl sites for hydroxylation is 1. The van der Waals surface area contributed by atoms with E-state index >= 15 is 0 Å². The molecule has 2 fully saturated rings. The molecule has 0 aliphatic carbocycles. The molecule has 1 aromatic heterocycles. The van der Waals surface area contributed by atoms with Gasteiger partial charge in [-0.25, -0.2) is 0 Å². The van der Waals surface area contributed by atoms with Crippen molar-refractivity contribution in [2.75, 3.05) is 26.7 Å². The van der Waals surface area contributed by atoms with E-state index in [-0.39, 0.29) is 5.54 Å². The summed E-state index contributed by atoms with van der Waals surface area (Å²) in [5.41, 5.74) is 0.164. The highest BCUT2D eigenvalue weighted by Crippen LogP contribution is 2.38. The Bertz CT molecular complexity index is 529. The summed E-state index contributed by atoms with van der Waals surface area (Å²) < 4.78 is 5.72. The van der Waals surface area contributed by atoms with Crippen molar-refractivity contribution in [1.29, 1.82) is 0 Å². The van der Waals surface area contributed by atoms with Crippen LogP contribution in [0.3, 0.4) is 0 Å². The zero-order valence-electron chi connectivity index (χ0n) is 14.1. The molecule has 1 amide bonds. The van der Waals surface area contributed by atoms with E-state index in [2.05, 4.69) is 17.9 Å². The maximum Gasteiger partial charge on any atom is 0.222 e. The molecule has 4 nitrogen and oxygen atoms in total. The van der Waals surface area contributed by atoms with Crippen LogP contribution in [-0.2, 0) is 4.79 Å². The van der Waals surface area contributed by atoms with Gasteiger partial charge in [0.15, 0.2) is 0 Å².